The summed E-state index contributed by atoms with van der Waals surface area (Å²) in [5.74, 6) is -3.97. The minimum atomic E-state index is -5.15. The van der Waals surface area contributed by atoms with Gasteiger partial charge in [0.2, 0.25) is 5.91 Å². The molecule has 1 aromatic carbocycles. The molecule has 6 nitrogen and oxygen atoms in total. The van der Waals surface area contributed by atoms with Crippen LogP contribution in [0.5, 0.6) is 0 Å². The maximum absolute atomic E-state index is 12.8. The average molecular weight is 386 g/mol. The molecule has 0 aromatic heterocycles. The predicted octanol–water partition coefficient (Wildman–Crippen LogP) is 2.17. The monoisotopic (exact) mass is 386 g/mol. The molecule has 12 heteroatoms. The fraction of sp³-hybridized carbons (Fsp3) is 0.357. The van der Waals surface area contributed by atoms with E-state index in [1.807, 2.05) is 5.32 Å². The van der Waals surface area contributed by atoms with Crippen molar-refractivity contribution >= 4 is 17.8 Å². The van der Waals surface area contributed by atoms with E-state index < -0.39 is 65.7 Å². The highest BCUT2D eigenvalue weighted by Gasteiger charge is 2.37. The first-order valence-corrected chi connectivity index (χ1v) is 6.83. The Hall–Kier alpha value is -2.79. The van der Waals surface area contributed by atoms with E-state index in [0.717, 1.165) is 0 Å². The van der Waals surface area contributed by atoms with E-state index in [0.29, 0.717) is 0 Å². The van der Waals surface area contributed by atoms with Crippen molar-refractivity contribution in [3.63, 3.8) is 0 Å². The molecule has 26 heavy (non-hydrogen) atoms. The van der Waals surface area contributed by atoms with Crippen LogP contribution in [-0.2, 0) is 21.9 Å². The second-order valence-corrected chi connectivity index (χ2v) is 5.16. The molecule has 0 aliphatic heterocycles. The number of benzene rings is 1. The molecule has 2 amide bonds. The summed E-state index contributed by atoms with van der Waals surface area (Å²) < 4.78 is 76.6. The molecule has 0 saturated heterocycles. The Morgan fingerprint density at radius 1 is 1.00 bits per heavy atom. The third-order valence-corrected chi connectivity index (χ3v) is 3.15. The summed E-state index contributed by atoms with van der Waals surface area (Å²) in [6, 6.07) is -1.38. The Kier molecular flexibility index (Phi) is 6.23. The summed E-state index contributed by atoms with van der Waals surface area (Å²) >= 11 is 0. The lowest BCUT2D eigenvalue weighted by Gasteiger charge is -2.17. The van der Waals surface area contributed by atoms with Crippen LogP contribution in [0, 0.1) is 0 Å². The van der Waals surface area contributed by atoms with Gasteiger partial charge in [-0.2, -0.15) is 26.3 Å². The first-order valence-electron chi connectivity index (χ1n) is 6.83. The molecule has 1 aromatic rings. The number of hydrogen-bond acceptors (Lipinski definition) is 3. The molecule has 1 atom stereocenters. The zero-order valence-electron chi connectivity index (χ0n) is 12.7. The van der Waals surface area contributed by atoms with Gasteiger partial charge in [0.1, 0.15) is 6.04 Å². The van der Waals surface area contributed by atoms with E-state index >= 15 is 0 Å². The molecule has 0 spiro atoms. The highest BCUT2D eigenvalue weighted by Crippen LogP contribution is 2.36. The Labute approximate surface area is 142 Å². The summed E-state index contributed by atoms with van der Waals surface area (Å²) in [6.45, 7) is 0. The van der Waals surface area contributed by atoms with Crippen molar-refractivity contribution in [2.24, 2.45) is 5.73 Å². The van der Waals surface area contributed by atoms with Crippen molar-refractivity contribution in [2.75, 3.05) is 0 Å². The van der Waals surface area contributed by atoms with Crippen LogP contribution >= 0.6 is 0 Å². The number of nitrogens with one attached hydrogen (secondary N) is 1. The number of rotatable bonds is 6. The molecule has 4 N–H and O–H groups in total. The lowest BCUT2D eigenvalue weighted by atomic mass is 10.0. The highest BCUT2D eigenvalue weighted by atomic mass is 19.4. The van der Waals surface area contributed by atoms with E-state index in [1.54, 1.807) is 0 Å². The molecule has 0 bridgehead atoms. The number of carboxylic acid groups (broad SMARTS) is 1. The summed E-state index contributed by atoms with van der Waals surface area (Å²) in [5, 5.41) is 10.4. The van der Waals surface area contributed by atoms with E-state index in [-0.39, 0.29) is 18.2 Å². The number of carbonyl (C=O) groups is 3. The van der Waals surface area contributed by atoms with Crippen LogP contribution in [0.2, 0.25) is 0 Å². The highest BCUT2D eigenvalue weighted by molar-refractivity contribution is 5.97. The quantitative estimate of drug-likeness (QED) is 0.651. The van der Waals surface area contributed by atoms with Crippen LogP contribution in [-0.4, -0.2) is 28.9 Å². The number of alkyl halides is 6. The topological polar surface area (TPSA) is 109 Å². The number of halogens is 6. The van der Waals surface area contributed by atoms with Gasteiger partial charge >= 0.3 is 18.3 Å². The lowest BCUT2D eigenvalue weighted by Crippen LogP contribution is -2.44. The maximum Gasteiger partial charge on any atom is 0.416 e. The van der Waals surface area contributed by atoms with Crippen LogP contribution in [0.25, 0.3) is 0 Å². The molecular formula is C14H12F6N2O4. The van der Waals surface area contributed by atoms with E-state index in [1.165, 1.54) is 0 Å². The Morgan fingerprint density at radius 3 is 1.81 bits per heavy atom. The van der Waals surface area contributed by atoms with Crippen molar-refractivity contribution in [3.05, 3.63) is 34.9 Å². The van der Waals surface area contributed by atoms with Gasteiger partial charge in [0.05, 0.1) is 11.1 Å². The molecule has 0 radical (unpaired) electrons. The lowest BCUT2D eigenvalue weighted by molar-refractivity contribution is -0.143. The van der Waals surface area contributed by atoms with Gasteiger partial charge in [0, 0.05) is 12.0 Å². The number of carboxylic acids is 1. The van der Waals surface area contributed by atoms with Gasteiger partial charge in [-0.1, -0.05) is 0 Å². The van der Waals surface area contributed by atoms with Crippen LogP contribution < -0.4 is 11.1 Å². The molecule has 0 aliphatic carbocycles. The third-order valence-electron chi connectivity index (χ3n) is 3.15. The standard InChI is InChI=1S/C14H12F6N2O4/c15-13(16,17)7-3-6(4-8(5-7)14(18,19)20)12(26)22-9(11(21)25)1-2-10(23)24/h3-5,9H,1-2H2,(H2,21,25)(H,22,26)(H,23,24)/t9-/m1/s1. The Bertz CT molecular complexity index is 682. The van der Waals surface area contributed by atoms with Gasteiger partial charge in [0.25, 0.3) is 5.91 Å². The van der Waals surface area contributed by atoms with Gasteiger partial charge in [-0.3, -0.25) is 14.4 Å². The van der Waals surface area contributed by atoms with Crippen molar-refractivity contribution in [3.8, 4) is 0 Å². The zero-order valence-corrected chi connectivity index (χ0v) is 12.7. The van der Waals surface area contributed by atoms with Gasteiger partial charge in [-0.25, -0.2) is 0 Å². The van der Waals surface area contributed by atoms with Crippen LogP contribution in [0.15, 0.2) is 18.2 Å². The zero-order chi connectivity index (χ0) is 20.3. The van der Waals surface area contributed by atoms with Crippen molar-refractivity contribution < 1.29 is 45.8 Å². The summed E-state index contributed by atoms with van der Waals surface area (Å²) in [6.07, 6.45) is -11.4. The van der Waals surface area contributed by atoms with E-state index in [2.05, 4.69) is 0 Å². The van der Waals surface area contributed by atoms with Crippen LogP contribution in [0.3, 0.4) is 0 Å². The molecule has 144 valence electrons. The molecule has 0 saturated carbocycles. The summed E-state index contributed by atoms with van der Waals surface area (Å²) in [4.78, 5) is 33.6. The summed E-state index contributed by atoms with van der Waals surface area (Å²) in [5.41, 5.74) is 0.516. The van der Waals surface area contributed by atoms with Gasteiger partial charge in [-0.15, -0.1) is 0 Å². The first-order chi connectivity index (χ1) is 11.7. The molecule has 0 aliphatic rings. The minimum absolute atomic E-state index is 0.160. The van der Waals surface area contributed by atoms with E-state index in [9.17, 15) is 40.7 Å². The SMILES string of the molecule is NC(=O)[C@@H](CCC(=O)O)NC(=O)c1cc(C(F)(F)F)cc(C(F)(F)F)c1. The fourth-order valence-corrected chi connectivity index (χ4v) is 1.88. The van der Waals surface area contributed by atoms with Crippen molar-refractivity contribution in [1.82, 2.24) is 5.32 Å². The maximum atomic E-state index is 12.8. The Morgan fingerprint density at radius 2 is 1.46 bits per heavy atom. The Balaban J connectivity index is 3.21. The number of hydrogen-bond donors (Lipinski definition) is 3. The third kappa shape index (κ3) is 5.93. The second kappa shape index (κ2) is 7.62. The summed E-state index contributed by atoms with van der Waals surface area (Å²) in [7, 11) is 0. The number of amides is 2. The van der Waals surface area contributed by atoms with Gasteiger partial charge in [-0.05, 0) is 24.6 Å². The number of carbonyl (C=O) groups excluding carboxylic acids is 2. The normalized spacial score (nSPS) is 13.2. The predicted molar refractivity (Wildman–Crippen MR) is 73.8 cm³/mol. The van der Waals surface area contributed by atoms with Crippen LogP contribution in [0.4, 0.5) is 26.3 Å². The number of primary amides is 1. The fourth-order valence-electron chi connectivity index (χ4n) is 1.88. The first kappa shape index (κ1) is 21.3. The smallest absolute Gasteiger partial charge is 0.416 e. The van der Waals surface area contributed by atoms with Crippen molar-refractivity contribution in [2.45, 2.75) is 31.2 Å². The largest absolute Gasteiger partial charge is 0.481 e. The van der Waals surface area contributed by atoms with Gasteiger partial charge in [0.15, 0.2) is 0 Å². The molecule has 0 heterocycles. The molecule has 1 rings (SSSR count). The average Bonchev–Trinajstić information content (AvgIpc) is 2.48. The van der Waals surface area contributed by atoms with Crippen LogP contribution in [0.1, 0.15) is 34.3 Å². The van der Waals surface area contributed by atoms with Gasteiger partial charge < -0.3 is 16.2 Å². The van der Waals surface area contributed by atoms with Crippen molar-refractivity contribution in [1.29, 1.82) is 0 Å². The molecule has 0 fully saturated rings. The second-order valence-electron chi connectivity index (χ2n) is 5.16. The number of nitrogens with two attached hydrogens (primary N) is 1. The molecular weight excluding hydrogens is 374 g/mol. The molecule has 0 unspecified atom stereocenters. The van der Waals surface area contributed by atoms with E-state index in [4.69, 9.17) is 10.8 Å². The number of aliphatic carboxylic acids is 1. The minimum Gasteiger partial charge on any atom is -0.481 e.